The van der Waals surface area contributed by atoms with Gasteiger partial charge in [0.25, 0.3) is 15.7 Å². The molecule has 2 aromatic heterocycles. The summed E-state index contributed by atoms with van der Waals surface area (Å²) in [5, 5.41) is 13.6. The highest BCUT2D eigenvalue weighted by Gasteiger charge is 2.54. The lowest BCUT2D eigenvalue weighted by atomic mass is 10.2. The Morgan fingerprint density at radius 1 is 1.00 bits per heavy atom. The Morgan fingerprint density at radius 2 is 1.70 bits per heavy atom. The van der Waals surface area contributed by atoms with E-state index in [1.54, 1.807) is 6.07 Å². The smallest absolute Gasteiger partial charge is 0.333 e. The van der Waals surface area contributed by atoms with E-state index in [1.807, 2.05) is 11.4 Å². The molecule has 1 atom stereocenters. The first-order valence-electron chi connectivity index (χ1n) is 9.07. The van der Waals surface area contributed by atoms with E-state index in [1.165, 1.54) is 47.5 Å². The molecule has 0 radical (unpaired) electrons. The second-order valence-electron chi connectivity index (χ2n) is 6.62. The number of alkyl halides is 3. The average molecular weight is 479 g/mol. The van der Waals surface area contributed by atoms with Crippen molar-refractivity contribution >= 4 is 27.5 Å². The van der Waals surface area contributed by atoms with Gasteiger partial charge in [0.05, 0.1) is 10.5 Å². The van der Waals surface area contributed by atoms with E-state index < -0.39 is 21.9 Å². The van der Waals surface area contributed by atoms with Crippen molar-refractivity contribution < 1.29 is 26.4 Å². The molecule has 1 unspecified atom stereocenters. The van der Waals surface area contributed by atoms with Crippen LogP contribution in [0.25, 0.3) is 0 Å². The first-order chi connectivity index (χ1) is 15.5. The van der Waals surface area contributed by atoms with Gasteiger partial charge in [-0.3, -0.25) is 0 Å². The number of hydrogen-bond donors (Lipinski definition) is 3. The molecule has 2 heterocycles. The van der Waals surface area contributed by atoms with Crippen molar-refractivity contribution in [3.8, 4) is 6.07 Å². The number of sulfonamides is 1. The number of nitriles is 1. The zero-order valence-corrected chi connectivity index (χ0v) is 17.6. The number of halogens is 3. The number of rotatable bonds is 8. The highest BCUT2D eigenvalue weighted by molar-refractivity contribution is 7.89. The van der Waals surface area contributed by atoms with Crippen LogP contribution in [0.3, 0.4) is 0 Å². The molecule has 0 aliphatic heterocycles. The Balaban J connectivity index is 1.78. The van der Waals surface area contributed by atoms with Crippen LogP contribution in [0, 0.1) is 11.3 Å². The van der Waals surface area contributed by atoms with Crippen molar-refractivity contribution in [3.05, 3.63) is 66.6 Å². The SMILES string of the molecule is CC(Nc1cc(Nc2ccc(C#N)cn2)ncn1)(ONS(=O)(=O)c1ccccc1)C(F)(F)F. The third-order valence-corrected chi connectivity index (χ3v) is 5.33. The van der Waals surface area contributed by atoms with Gasteiger partial charge in [0, 0.05) is 12.3 Å². The van der Waals surface area contributed by atoms with Crippen LogP contribution in [-0.2, 0) is 14.9 Å². The highest BCUT2D eigenvalue weighted by atomic mass is 32.2. The molecule has 0 saturated carbocycles. The van der Waals surface area contributed by atoms with Crippen LogP contribution in [0.4, 0.5) is 30.6 Å². The number of nitrogens with one attached hydrogen (secondary N) is 3. The van der Waals surface area contributed by atoms with Gasteiger partial charge in [-0.15, -0.1) is 0 Å². The highest BCUT2D eigenvalue weighted by Crippen LogP contribution is 2.34. The fraction of sp³-hybridized carbons (Fsp3) is 0.158. The molecule has 33 heavy (non-hydrogen) atoms. The van der Waals surface area contributed by atoms with Gasteiger partial charge in [-0.25, -0.2) is 28.2 Å². The summed E-state index contributed by atoms with van der Waals surface area (Å²) in [7, 11) is -4.39. The van der Waals surface area contributed by atoms with Crippen LogP contribution in [0.2, 0.25) is 0 Å². The molecule has 10 nitrogen and oxygen atoms in total. The van der Waals surface area contributed by atoms with Crippen molar-refractivity contribution in [3.63, 3.8) is 0 Å². The van der Waals surface area contributed by atoms with Crippen molar-refractivity contribution in [2.45, 2.75) is 23.7 Å². The van der Waals surface area contributed by atoms with Crippen LogP contribution >= 0.6 is 0 Å². The normalized spacial score (nSPS) is 13.5. The quantitative estimate of drug-likeness (QED) is 0.328. The number of nitrogens with zero attached hydrogens (tertiary/aromatic N) is 4. The van der Waals surface area contributed by atoms with Gasteiger partial charge >= 0.3 is 6.18 Å². The summed E-state index contributed by atoms with van der Waals surface area (Å²) in [6.45, 7) is 0.595. The third-order valence-electron chi connectivity index (χ3n) is 4.13. The predicted molar refractivity (Wildman–Crippen MR) is 110 cm³/mol. The van der Waals surface area contributed by atoms with Crippen molar-refractivity contribution in [2.75, 3.05) is 10.6 Å². The Kier molecular flexibility index (Phi) is 6.77. The van der Waals surface area contributed by atoms with Crippen LogP contribution < -0.4 is 15.5 Å². The molecular weight excluding hydrogens is 463 g/mol. The maximum atomic E-state index is 13.8. The van der Waals surface area contributed by atoms with Gasteiger partial charge in [0.2, 0.25) is 0 Å². The lowest BCUT2D eigenvalue weighted by molar-refractivity contribution is -0.268. The van der Waals surface area contributed by atoms with E-state index in [0.717, 1.165) is 12.4 Å². The third kappa shape index (κ3) is 5.92. The van der Waals surface area contributed by atoms with Crippen LogP contribution in [0.15, 0.2) is 66.0 Å². The number of aromatic nitrogens is 3. The number of pyridine rings is 1. The molecule has 0 fully saturated rings. The summed E-state index contributed by atoms with van der Waals surface area (Å²) in [5.41, 5.74) is -2.87. The Labute approximate surface area is 186 Å². The van der Waals surface area contributed by atoms with E-state index in [-0.39, 0.29) is 22.3 Å². The van der Waals surface area contributed by atoms with Crippen LogP contribution in [-0.4, -0.2) is 35.3 Å². The molecule has 172 valence electrons. The van der Waals surface area contributed by atoms with Gasteiger partial charge in [0.15, 0.2) is 0 Å². The van der Waals surface area contributed by atoms with E-state index in [4.69, 9.17) is 5.26 Å². The lowest BCUT2D eigenvalue weighted by Crippen LogP contribution is -2.55. The first-order valence-corrected chi connectivity index (χ1v) is 10.6. The Hall–Kier alpha value is -3.80. The van der Waals surface area contributed by atoms with Gasteiger partial charge in [-0.2, -0.15) is 18.4 Å². The number of benzene rings is 1. The van der Waals surface area contributed by atoms with Gasteiger partial charge < -0.3 is 10.6 Å². The first kappa shape index (κ1) is 23.9. The topological polar surface area (TPSA) is 142 Å². The number of anilines is 3. The lowest BCUT2D eigenvalue weighted by Gasteiger charge is -2.32. The molecule has 3 N–H and O–H groups in total. The molecule has 0 bridgehead atoms. The fourth-order valence-electron chi connectivity index (χ4n) is 2.34. The Bertz CT molecular complexity index is 1250. The van der Waals surface area contributed by atoms with Gasteiger partial charge in [0.1, 0.15) is 29.9 Å². The standard InChI is InChI=1S/C19H16F3N7O3S/c1-18(19(20,21)22,32-29-33(30,31)14-5-3-2-4-6-14)28-17-9-16(25-12-26-17)27-15-8-7-13(10-23)11-24-15/h2-9,11-12,29H,1H3,(H2,24,25,26,27,28). The predicted octanol–water partition coefficient (Wildman–Crippen LogP) is 3.09. The summed E-state index contributed by atoms with van der Waals surface area (Å²) >= 11 is 0. The molecule has 0 aliphatic carbocycles. The molecule has 0 amide bonds. The van der Waals surface area contributed by atoms with Crippen molar-refractivity contribution in [1.29, 1.82) is 5.26 Å². The second kappa shape index (κ2) is 9.36. The zero-order chi connectivity index (χ0) is 24.1. The minimum atomic E-state index is -5.06. The summed E-state index contributed by atoms with van der Waals surface area (Å²) in [4.78, 5) is 17.4. The van der Waals surface area contributed by atoms with Crippen LogP contribution in [0.1, 0.15) is 12.5 Å². The molecule has 3 aromatic rings. The number of hydrogen-bond acceptors (Lipinski definition) is 9. The minimum Gasteiger partial charge on any atom is -0.333 e. The maximum Gasteiger partial charge on any atom is 0.438 e. The van der Waals surface area contributed by atoms with Gasteiger partial charge in [-0.1, -0.05) is 23.1 Å². The largest absolute Gasteiger partial charge is 0.438 e. The molecule has 0 spiro atoms. The summed E-state index contributed by atoms with van der Waals surface area (Å²) in [6.07, 6.45) is -2.77. The summed E-state index contributed by atoms with van der Waals surface area (Å²) in [5.74, 6) is 0.0445. The summed E-state index contributed by atoms with van der Waals surface area (Å²) < 4.78 is 65.8. The average Bonchev–Trinajstić information content (AvgIpc) is 2.78. The zero-order valence-electron chi connectivity index (χ0n) is 16.8. The molecule has 14 heteroatoms. The molecule has 3 rings (SSSR count). The monoisotopic (exact) mass is 479 g/mol. The van der Waals surface area contributed by atoms with Crippen molar-refractivity contribution in [2.24, 2.45) is 0 Å². The van der Waals surface area contributed by atoms with E-state index in [9.17, 15) is 21.6 Å². The van der Waals surface area contributed by atoms with E-state index >= 15 is 0 Å². The maximum absolute atomic E-state index is 13.8. The minimum absolute atomic E-state index is 0.0825. The van der Waals surface area contributed by atoms with Crippen LogP contribution in [0.5, 0.6) is 0 Å². The van der Waals surface area contributed by atoms with E-state index in [0.29, 0.717) is 12.5 Å². The van der Waals surface area contributed by atoms with Gasteiger partial charge in [-0.05, 0) is 31.2 Å². The molecular formula is C19H16F3N7O3S. The van der Waals surface area contributed by atoms with Crippen molar-refractivity contribution in [1.82, 2.24) is 19.8 Å². The second-order valence-corrected chi connectivity index (χ2v) is 8.26. The Morgan fingerprint density at radius 3 is 2.30 bits per heavy atom. The molecule has 0 aliphatic rings. The molecule has 1 aromatic carbocycles. The van der Waals surface area contributed by atoms with E-state index in [2.05, 4.69) is 25.1 Å². The summed E-state index contributed by atoms with van der Waals surface area (Å²) in [6, 6.07) is 12.8. The fourth-order valence-corrected chi connectivity index (χ4v) is 3.23. The molecule has 0 saturated heterocycles.